The van der Waals surface area contributed by atoms with Gasteiger partial charge >= 0.3 is 0 Å². The van der Waals surface area contributed by atoms with Crippen LogP contribution in [-0.2, 0) is 20.2 Å². The summed E-state index contributed by atoms with van der Waals surface area (Å²) in [4.78, 5) is 18.4. The van der Waals surface area contributed by atoms with Crippen LogP contribution in [0.4, 0.5) is 5.82 Å². The summed E-state index contributed by atoms with van der Waals surface area (Å²) in [6, 6.07) is 19.7. The molecule has 4 rings (SSSR count). The lowest BCUT2D eigenvalue weighted by Crippen LogP contribution is -2.42. The normalized spacial score (nSPS) is 15.5. The Morgan fingerprint density at radius 3 is 2.26 bits per heavy atom. The topological polar surface area (TPSA) is 97.4 Å². The molecule has 3 aromatic rings. The van der Waals surface area contributed by atoms with Gasteiger partial charge in [-0.15, -0.1) is 0 Å². The molecule has 0 spiro atoms. The van der Waals surface area contributed by atoms with Gasteiger partial charge in [-0.1, -0.05) is 49.6 Å². The minimum Gasteiger partial charge on any atom is -0.497 e. The average Bonchev–Trinajstić information content (AvgIpc) is 2.89. The van der Waals surface area contributed by atoms with Gasteiger partial charge in [-0.25, -0.2) is 18.1 Å². The summed E-state index contributed by atoms with van der Waals surface area (Å²) in [6.07, 6.45) is 4.68. The Labute approximate surface area is 202 Å². The van der Waals surface area contributed by atoms with E-state index in [0.717, 1.165) is 49.0 Å². The third-order valence-corrected chi connectivity index (χ3v) is 7.93. The van der Waals surface area contributed by atoms with Crippen LogP contribution in [0, 0.1) is 0 Å². The van der Waals surface area contributed by atoms with Crippen molar-refractivity contribution in [2.24, 2.45) is 0 Å². The molecule has 2 N–H and O–H groups in total. The Balaban J connectivity index is 0.00000342. The van der Waals surface area contributed by atoms with E-state index >= 15 is 0 Å². The highest BCUT2D eigenvalue weighted by Gasteiger charge is 2.41. The molecule has 0 bridgehead atoms. The van der Waals surface area contributed by atoms with E-state index in [4.69, 9.17) is 4.74 Å². The van der Waals surface area contributed by atoms with Crippen molar-refractivity contribution in [2.45, 2.75) is 42.4 Å². The molecule has 1 saturated carbocycles. The van der Waals surface area contributed by atoms with Crippen LogP contribution in [0.25, 0.3) is 11.3 Å². The maximum Gasteiger partial charge on any atom is 0.240 e. The Morgan fingerprint density at radius 1 is 0.971 bits per heavy atom. The van der Waals surface area contributed by atoms with Gasteiger partial charge in [0.1, 0.15) is 11.6 Å². The zero-order chi connectivity index (χ0) is 24.2. The summed E-state index contributed by atoms with van der Waals surface area (Å²) in [5, 5.41) is 3.05. The quantitative estimate of drug-likeness (QED) is 0.507. The molecule has 34 heavy (non-hydrogen) atoms. The predicted molar refractivity (Wildman–Crippen MR) is 134 cm³/mol. The SMILES string of the molecule is CNS(=O)(=O)c1ccc(-c2cccc(NC(=O)C3(c4ccc(OC)cc4)CCCCC3)n2)cc1.[HH]. The molecule has 180 valence electrons. The Kier molecular flexibility index (Phi) is 7.00. The van der Waals surface area contributed by atoms with Gasteiger partial charge in [0.05, 0.1) is 23.1 Å². The fourth-order valence-corrected chi connectivity index (χ4v) is 5.27. The number of pyridine rings is 1. The van der Waals surface area contributed by atoms with E-state index in [1.807, 2.05) is 36.4 Å². The third-order valence-electron chi connectivity index (χ3n) is 6.50. The number of ether oxygens (including phenoxy) is 1. The number of methoxy groups -OCH3 is 1. The van der Waals surface area contributed by atoms with Gasteiger partial charge in [0, 0.05) is 6.99 Å². The average molecular weight is 482 g/mol. The molecule has 0 radical (unpaired) electrons. The molecule has 0 unspecified atom stereocenters. The van der Waals surface area contributed by atoms with Crippen molar-refractivity contribution in [2.75, 3.05) is 19.5 Å². The number of aromatic nitrogens is 1. The lowest BCUT2D eigenvalue weighted by atomic mass is 9.68. The highest BCUT2D eigenvalue weighted by Crippen LogP contribution is 2.41. The van der Waals surface area contributed by atoms with Gasteiger partial charge in [0.2, 0.25) is 15.9 Å². The number of benzene rings is 2. The van der Waals surface area contributed by atoms with Crippen LogP contribution < -0.4 is 14.8 Å². The minimum absolute atomic E-state index is 0. The molecule has 1 aliphatic carbocycles. The number of nitrogens with zero attached hydrogens (tertiary/aromatic N) is 1. The number of hydrogen-bond donors (Lipinski definition) is 2. The highest BCUT2D eigenvalue weighted by atomic mass is 32.2. The van der Waals surface area contributed by atoms with Crippen LogP contribution in [0.2, 0.25) is 0 Å². The molecule has 1 aliphatic rings. The van der Waals surface area contributed by atoms with Gasteiger partial charge in [-0.2, -0.15) is 0 Å². The van der Waals surface area contributed by atoms with Crippen molar-refractivity contribution < 1.29 is 19.4 Å². The standard InChI is InChI=1S/C26H29N3O4S.H2/c1-27-34(31,32)22-15-9-19(10-16-22)23-7-6-8-24(28-23)29-25(30)26(17-4-3-5-18-26)20-11-13-21(33-2)14-12-20;/h6-16,27H,3-5,17-18H2,1-2H3,(H,28,29,30);1H. The maximum atomic E-state index is 13.6. The van der Waals surface area contributed by atoms with Gasteiger partial charge in [0.25, 0.3) is 0 Å². The fraction of sp³-hybridized carbons (Fsp3) is 0.308. The zero-order valence-corrected chi connectivity index (χ0v) is 20.2. The summed E-state index contributed by atoms with van der Waals surface area (Å²) in [5.41, 5.74) is 1.79. The maximum absolute atomic E-state index is 13.6. The van der Waals surface area contributed by atoms with Gasteiger partial charge in [0.15, 0.2) is 0 Å². The van der Waals surface area contributed by atoms with Crippen molar-refractivity contribution in [1.29, 1.82) is 0 Å². The molecule has 8 heteroatoms. The van der Waals surface area contributed by atoms with Crippen molar-refractivity contribution in [3.05, 3.63) is 72.3 Å². The molecule has 1 fully saturated rings. The van der Waals surface area contributed by atoms with E-state index in [0.29, 0.717) is 11.5 Å². The van der Waals surface area contributed by atoms with Crippen molar-refractivity contribution in [1.82, 2.24) is 9.71 Å². The molecule has 1 heterocycles. The summed E-state index contributed by atoms with van der Waals surface area (Å²) in [7, 11) is -0.501. The second kappa shape index (κ2) is 9.95. The van der Waals surface area contributed by atoms with Crippen LogP contribution in [0.3, 0.4) is 0 Å². The number of hydrogen-bond acceptors (Lipinski definition) is 5. The molecule has 0 saturated heterocycles. The lowest BCUT2D eigenvalue weighted by Gasteiger charge is -2.36. The highest BCUT2D eigenvalue weighted by molar-refractivity contribution is 7.89. The second-order valence-electron chi connectivity index (χ2n) is 8.47. The predicted octanol–water partition coefficient (Wildman–Crippen LogP) is 4.75. The third kappa shape index (κ3) is 4.83. The van der Waals surface area contributed by atoms with Crippen LogP contribution in [0.5, 0.6) is 5.75 Å². The molecule has 1 amide bonds. The summed E-state index contributed by atoms with van der Waals surface area (Å²) in [5.74, 6) is 1.17. The monoisotopic (exact) mass is 481 g/mol. The first-order valence-corrected chi connectivity index (χ1v) is 12.8. The number of carbonyl (C=O) groups is 1. The number of amides is 1. The van der Waals surface area contributed by atoms with E-state index in [2.05, 4.69) is 15.0 Å². The molecule has 7 nitrogen and oxygen atoms in total. The zero-order valence-electron chi connectivity index (χ0n) is 19.4. The first kappa shape index (κ1) is 23.9. The van der Waals surface area contributed by atoms with Gasteiger partial charge in [-0.3, -0.25) is 4.79 Å². The molecule has 1 aromatic heterocycles. The van der Waals surface area contributed by atoms with Crippen molar-refractivity contribution in [3.63, 3.8) is 0 Å². The minimum atomic E-state index is -3.51. The van der Waals surface area contributed by atoms with Crippen molar-refractivity contribution >= 4 is 21.7 Å². The summed E-state index contributed by atoms with van der Waals surface area (Å²) < 4.78 is 31.5. The summed E-state index contributed by atoms with van der Waals surface area (Å²) in [6.45, 7) is 0. The van der Waals surface area contributed by atoms with E-state index in [9.17, 15) is 13.2 Å². The molecule has 0 aliphatic heterocycles. The fourth-order valence-electron chi connectivity index (χ4n) is 4.54. The van der Waals surface area contributed by atoms with Crippen LogP contribution in [0.1, 0.15) is 39.1 Å². The number of rotatable bonds is 7. The Bertz CT molecular complexity index is 1260. The van der Waals surface area contributed by atoms with E-state index in [-0.39, 0.29) is 12.2 Å². The van der Waals surface area contributed by atoms with Gasteiger partial charge < -0.3 is 10.1 Å². The molecule has 2 aromatic carbocycles. The smallest absolute Gasteiger partial charge is 0.240 e. The molecular formula is C26H31N3O4S. The Hall–Kier alpha value is -3.23. The van der Waals surface area contributed by atoms with Gasteiger partial charge in [-0.05, 0) is 61.9 Å². The molecular weight excluding hydrogens is 450 g/mol. The largest absolute Gasteiger partial charge is 0.497 e. The Morgan fingerprint density at radius 2 is 1.65 bits per heavy atom. The van der Waals surface area contributed by atoms with Crippen molar-refractivity contribution in [3.8, 4) is 17.0 Å². The second-order valence-corrected chi connectivity index (χ2v) is 10.4. The van der Waals surface area contributed by atoms with E-state index in [1.54, 1.807) is 25.3 Å². The first-order chi connectivity index (χ1) is 16.4. The number of sulfonamides is 1. The number of nitrogens with one attached hydrogen (secondary N) is 2. The molecule has 0 atom stereocenters. The van der Waals surface area contributed by atoms with Crippen LogP contribution in [0.15, 0.2) is 71.6 Å². The van der Waals surface area contributed by atoms with Crippen LogP contribution in [-0.4, -0.2) is 33.5 Å². The number of carbonyl (C=O) groups excluding carboxylic acids is 1. The number of anilines is 1. The van der Waals surface area contributed by atoms with E-state index < -0.39 is 15.4 Å². The van der Waals surface area contributed by atoms with E-state index in [1.165, 1.54) is 19.2 Å². The summed E-state index contributed by atoms with van der Waals surface area (Å²) >= 11 is 0. The lowest BCUT2D eigenvalue weighted by molar-refractivity contribution is -0.122. The first-order valence-electron chi connectivity index (χ1n) is 11.3. The van der Waals surface area contributed by atoms with Crippen LogP contribution >= 0.6 is 0 Å².